The van der Waals surface area contributed by atoms with Crippen molar-refractivity contribution in [3.05, 3.63) is 85.1 Å². The predicted molar refractivity (Wildman–Crippen MR) is 316 cm³/mol. The lowest BCUT2D eigenvalue weighted by Gasteiger charge is -2.42. The second-order valence-corrected chi connectivity index (χ2v) is 21.5. The molecule has 0 aromatic rings. The highest BCUT2D eigenvalue weighted by atomic mass is 16.7. The lowest BCUT2D eigenvalue weighted by molar-refractivity contribution is -0.332. The van der Waals surface area contributed by atoms with Gasteiger partial charge < -0.3 is 64.2 Å². The summed E-state index contributed by atoms with van der Waals surface area (Å²) in [6, 6.07) is 0. The van der Waals surface area contributed by atoms with Gasteiger partial charge in [-0.05, 0) is 89.9 Å². The summed E-state index contributed by atoms with van der Waals surface area (Å²) in [5.41, 5.74) is 0. The Balaban J connectivity index is 1.69. The molecule has 2 aliphatic rings. The topological polar surface area (TPSA) is 214 Å². The van der Waals surface area contributed by atoms with Gasteiger partial charge in [0.25, 0.3) is 0 Å². The van der Waals surface area contributed by atoms with Crippen molar-refractivity contribution in [1.82, 2.24) is 0 Å². The molecule has 456 valence electrons. The lowest BCUT2D eigenvalue weighted by Crippen LogP contribution is -2.61. The van der Waals surface area contributed by atoms with Crippen molar-refractivity contribution in [2.24, 2.45) is 0 Å². The molecule has 11 atom stereocenters. The third kappa shape index (κ3) is 37.1. The highest BCUT2D eigenvalue weighted by Crippen LogP contribution is 2.27. The third-order valence-corrected chi connectivity index (χ3v) is 14.4. The van der Waals surface area contributed by atoms with Crippen LogP contribution < -0.4 is 0 Å². The fourth-order valence-electron chi connectivity index (χ4n) is 9.40. The minimum Gasteiger partial charge on any atom is -0.457 e. The number of aliphatic hydroxyl groups is 7. The summed E-state index contributed by atoms with van der Waals surface area (Å²) < 4.78 is 34.5. The van der Waals surface area contributed by atoms with E-state index in [-0.39, 0.29) is 25.6 Å². The minimum atomic E-state index is -1.71. The van der Waals surface area contributed by atoms with Gasteiger partial charge in [0.2, 0.25) is 0 Å². The van der Waals surface area contributed by atoms with E-state index in [2.05, 4.69) is 98.9 Å². The van der Waals surface area contributed by atoms with E-state index < -0.39 is 80.7 Å². The number of aliphatic hydroxyl groups excluding tert-OH is 7. The van der Waals surface area contributed by atoms with Crippen molar-refractivity contribution in [1.29, 1.82) is 0 Å². The number of rotatable bonds is 50. The normalized spacial score (nSPS) is 24.6. The van der Waals surface area contributed by atoms with Crippen molar-refractivity contribution in [2.75, 3.05) is 33.0 Å². The zero-order valence-corrected chi connectivity index (χ0v) is 49.1. The number of hydrogen-bond acceptors (Lipinski definition) is 14. The Morgan fingerprint density at radius 2 is 0.823 bits per heavy atom. The molecule has 2 saturated heterocycles. The van der Waals surface area contributed by atoms with Crippen LogP contribution in [0.25, 0.3) is 0 Å². The van der Waals surface area contributed by atoms with E-state index in [1.165, 1.54) is 103 Å². The first kappa shape index (κ1) is 72.3. The first-order valence-electron chi connectivity index (χ1n) is 31.2. The molecule has 79 heavy (non-hydrogen) atoms. The second-order valence-electron chi connectivity index (χ2n) is 21.5. The van der Waals surface area contributed by atoms with E-state index in [1.807, 2.05) is 0 Å². The minimum absolute atomic E-state index is 0.0505. The second kappa shape index (κ2) is 50.9. The molecule has 2 rings (SSSR count). The van der Waals surface area contributed by atoms with Crippen LogP contribution in [0, 0.1) is 0 Å². The molecule has 7 N–H and O–H groups in total. The molecule has 2 fully saturated rings. The van der Waals surface area contributed by atoms with E-state index in [1.54, 1.807) is 0 Å². The Kier molecular flexibility index (Phi) is 46.5. The molecule has 0 radical (unpaired) electrons. The van der Waals surface area contributed by atoms with Crippen LogP contribution in [0.15, 0.2) is 85.1 Å². The smallest absolute Gasteiger partial charge is 0.306 e. The number of hydrogen-bond donors (Lipinski definition) is 7. The molecule has 0 aromatic heterocycles. The van der Waals surface area contributed by atoms with Gasteiger partial charge in [0, 0.05) is 13.0 Å². The van der Waals surface area contributed by atoms with Crippen LogP contribution in [0.5, 0.6) is 0 Å². The maximum atomic E-state index is 13.1. The quantitative estimate of drug-likeness (QED) is 0.0172. The molecule has 2 aliphatic heterocycles. The summed E-state index contributed by atoms with van der Waals surface area (Å²) in [4.78, 5) is 13.1. The van der Waals surface area contributed by atoms with Gasteiger partial charge in [-0.2, -0.15) is 0 Å². The maximum absolute atomic E-state index is 13.1. The van der Waals surface area contributed by atoms with E-state index in [4.69, 9.17) is 28.4 Å². The average Bonchev–Trinajstić information content (AvgIpc) is 3.46. The van der Waals surface area contributed by atoms with Crippen LogP contribution in [-0.4, -0.2) is 142 Å². The number of carbonyl (C=O) groups is 1. The van der Waals surface area contributed by atoms with Crippen molar-refractivity contribution in [3.8, 4) is 0 Å². The summed E-state index contributed by atoms with van der Waals surface area (Å²) in [6.07, 6.45) is 50.6. The van der Waals surface area contributed by atoms with E-state index in [0.29, 0.717) is 13.0 Å². The van der Waals surface area contributed by atoms with Gasteiger partial charge in [0.1, 0.15) is 54.9 Å². The molecule has 0 bridgehead atoms. The molecule has 14 heteroatoms. The Hall–Kier alpha value is -2.83. The molecule has 0 aliphatic carbocycles. The zero-order valence-electron chi connectivity index (χ0n) is 49.1. The summed E-state index contributed by atoms with van der Waals surface area (Å²) in [7, 11) is 0. The number of carbonyl (C=O) groups excluding carboxylic acids is 1. The zero-order chi connectivity index (χ0) is 57.2. The summed E-state index contributed by atoms with van der Waals surface area (Å²) >= 11 is 0. The van der Waals surface area contributed by atoms with Crippen LogP contribution in [-0.2, 0) is 33.2 Å². The molecule has 14 nitrogen and oxygen atoms in total. The largest absolute Gasteiger partial charge is 0.457 e. The summed E-state index contributed by atoms with van der Waals surface area (Å²) in [6.45, 7) is 3.53. The first-order chi connectivity index (χ1) is 38.6. The molecule has 0 spiro atoms. The van der Waals surface area contributed by atoms with Gasteiger partial charge in [0.05, 0.1) is 26.4 Å². The molecule has 0 aromatic carbocycles. The van der Waals surface area contributed by atoms with Gasteiger partial charge >= 0.3 is 5.97 Å². The third-order valence-electron chi connectivity index (χ3n) is 14.4. The summed E-state index contributed by atoms with van der Waals surface area (Å²) in [5.74, 6) is -0.383. The Bertz CT molecular complexity index is 1630. The van der Waals surface area contributed by atoms with E-state index >= 15 is 0 Å². The average molecular weight is 1120 g/mol. The van der Waals surface area contributed by atoms with Gasteiger partial charge in [-0.15, -0.1) is 0 Å². The fraction of sp³-hybridized carbons (Fsp3) is 0.769. The van der Waals surface area contributed by atoms with Crippen LogP contribution in [0.3, 0.4) is 0 Å². The number of ether oxygens (including phenoxy) is 6. The van der Waals surface area contributed by atoms with Crippen LogP contribution in [0.1, 0.15) is 219 Å². The van der Waals surface area contributed by atoms with Crippen molar-refractivity contribution in [2.45, 2.75) is 287 Å². The SMILES string of the molecule is CC/C=C\C/C=C\C/C=C\C/C=C\CCCCCCCCCCCCCCC(=O)OC(COCCCCCCCCC/C=C\C/C=C\C/C=C\CCCCC)COC1OC(COC2OC(CO)C(O)C(O)C2O)C(O)C(O)C1O. The summed E-state index contributed by atoms with van der Waals surface area (Å²) in [5, 5.41) is 72.5. The fourth-order valence-corrected chi connectivity index (χ4v) is 9.40. The van der Waals surface area contributed by atoms with E-state index in [9.17, 15) is 40.5 Å². The Morgan fingerprint density at radius 3 is 1.29 bits per heavy atom. The Labute approximate surface area is 478 Å². The Morgan fingerprint density at radius 1 is 0.430 bits per heavy atom. The maximum Gasteiger partial charge on any atom is 0.306 e. The number of allylic oxidation sites excluding steroid dienone is 14. The number of unbranched alkanes of at least 4 members (excludes halogenated alkanes) is 22. The molecule has 2 heterocycles. The van der Waals surface area contributed by atoms with Gasteiger partial charge in [-0.3, -0.25) is 4.79 Å². The van der Waals surface area contributed by atoms with Crippen LogP contribution in [0.2, 0.25) is 0 Å². The molecule has 0 amide bonds. The van der Waals surface area contributed by atoms with Crippen LogP contribution >= 0.6 is 0 Å². The first-order valence-corrected chi connectivity index (χ1v) is 31.2. The van der Waals surface area contributed by atoms with Gasteiger partial charge in [-0.25, -0.2) is 0 Å². The number of esters is 1. The van der Waals surface area contributed by atoms with Gasteiger partial charge in [0.15, 0.2) is 12.6 Å². The van der Waals surface area contributed by atoms with Crippen LogP contribution in [0.4, 0.5) is 0 Å². The highest BCUT2D eigenvalue weighted by Gasteiger charge is 2.47. The molecular weight excluding hydrogens is 1000 g/mol. The van der Waals surface area contributed by atoms with Crippen molar-refractivity contribution >= 4 is 5.97 Å². The van der Waals surface area contributed by atoms with E-state index in [0.717, 1.165) is 89.9 Å². The highest BCUT2D eigenvalue weighted by molar-refractivity contribution is 5.69. The van der Waals surface area contributed by atoms with Crippen molar-refractivity contribution in [3.63, 3.8) is 0 Å². The monoisotopic (exact) mass is 1120 g/mol. The standard InChI is InChI=1S/C65H112O14/c1-3-5-7-9-11-13-15-17-19-21-23-25-26-27-28-29-30-32-34-36-38-40-42-44-46-48-57(67)77-54(51-74-49-47-45-43-41-39-37-35-33-31-24-22-20-18-16-14-12-10-8-6-4-2)52-75-64-63(73)61(71)59(69)56(79-64)53-76-65-62(72)60(70)58(68)55(50-66)78-65/h5,7,11-14,17-20,23-25,31,54-56,58-66,68-73H,3-4,6,8-10,15-16,21-22,26-30,32-53H2,1-2H3/b7-5-,13-11-,14-12-,19-17-,20-18-,25-23-,31-24-. The molecular formula is C65H112O14. The molecule has 0 saturated carbocycles. The predicted octanol–water partition coefficient (Wildman–Crippen LogP) is 12.0. The van der Waals surface area contributed by atoms with Gasteiger partial charge in [-0.1, -0.05) is 208 Å². The molecule has 11 unspecified atom stereocenters. The lowest BCUT2D eigenvalue weighted by atomic mass is 9.98. The van der Waals surface area contributed by atoms with Crippen molar-refractivity contribution < 1.29 is 69.0 Å².